The zero-order valence-electron chi connectivity index (χ0n) is 8.11. The van der Waals surface area contributed by atoms with E-state index in [4.69, 9.17) is 11.6 Å². The standard InChI is InChI=1S/C12H12BrCl/c1-7-2-9(11(14)3-10(7)13)12-4-8(5-12)6-12/h2-3,8H,4-6H2,1H3. The van der Waals surface area contributed by atoms with Crippen molar-refractivity contribution in [3.63, 3.8) is 0 Å². The summed E-state index contributed by atoms with van der Waals surface area (Å²) in [4.78, 5) is 0. The van der Waals surface area contributed by atoms with Crippen molar-refractivity contribution in [1.29, 1.82) is 0 Å². The molecule has 74 valence electrons. The summed E-state index contributed by atoms with van der Waals surface area (Å²) in [6, 6.07) is 4.31. The predicted molar refractivity (Wildman–Crippen MR) is 62.9 cm³/mol. The molecule has 0 aromatic heterocycles. The second kappa shape index (κ2) is 2.76. The fourth-order valence-corrected chi connectivity index (χ4v) is 3.71. The van der Waals surface area contributed by atoms with Gasteiger partial charge in [0.05, 0.1) is 0 Å². The molecule has 3 aliphatic carbocycles. The Hall–Kier alpha value is -0.0100. The Kier molecular flexibility index (Phi) is 1.82. The molecule has 0 nitrogen and oxygen atoms in total. The summed E-state index contributed by atoms with van der Waals surface area (Å²) in [5.41, 5.74) is 3.17. The zero-order valence-corrected chi connectivity index (χ0v) is 10.5. The molecule has 0 spiro atoms. The Morgan fingerprint density at radius 2 is 2.00 bits per heavy atom. The van der Waals surface area contributed by atoms with Gasteiger partial charge in [0.1, 0.15) is 0 Å². The third-order valence-electron chi connectivity index (χ3n) is 3.86. The van der Waals surface area contributed by atoms with E-state index in [0.29, 0.717) is 5.41 Å². The lowest BCUT2D eigenvalue weighted by atomic mass is 9.42. The monoisotopic (exact) mass is 270 g/mol. The Morgan fingerprint density at radius 3 is 2.50 bits per heavy atom. The fourth-order valence-electron chi connectivity index (χ4n) is 2.87. The maximum Gasteiger partial charge on any atom is 0.0455 e. The van der Waals surface area contributed by atoms with Crippen LogP contribution in [0, 0.1) is 12.8 Å². The summed E-state index contributed by atoms with van der Waals surface area (Å²) >= 11 is 9.81. The first-order chi connectivity index (χ1) is 6.61. The lowest BCUT2D eigenvalue weighted by Gasteiger charge is -2.62. The molecule has 0 radical (unpaired) electrons. The van der Waals surface area contributed by atoms with Crippen molar-refractivity contribution < 1.29 is 0 Å². The predicted octanol–water partition coefficient (Wildman–Crippen LogP) is 4.46. The molecule has 1 aromatic rings. The quantitative estimate of drug-likeness (QED) is 0.707. The van der Waals surface area contributed by atoms with Gasteiger partial charge in [0.15, 0.2) is 0 Å². The molecule has 3 aliphatic rings. The lowest BCUT2D eigenvalue weighted by Crippen LogP contribution is -2.55. The van der Waals surface area contributed by atoms with Gasteiger partial charge < -0.3 is 0 Å². The van der Waals surface area contributed by atoms with Crippen molar-refractivity contribution in [3.05, 3.63) is 32.8 Å². The highest BCUT2D eigenvalue weighted by Gasteiger charge is 2.57. The largest absolute Gasteiger partial charge is 0.0840 e. The number of hydrogen-bond donors (Lipinski definition) is 0. The van der Waals surface area contributed by atoms with Crippen LogP contribution >= 0.6 is 27.5 Å². The van der Waals surface area contributed by atoms with Crippen molar-refractivity contribution in [2.45, 2.75) is 31.6 Å². The van der Waals surface area contributed by atoms with E-state index >= 15 is 0 Å². The number of hydrogen-bond acceptors (Lipinski definition) is 0. The minimum absolute atomic E-state index is 0.479. The third kappa shape index (κ3) is 1.06. The second-order valence-corrected chi connectivity index (χ2v) is 6.10. The molecule has 0 aliphatic heterocycles. The molecular weight excluding hydrogens is 259 g/mol. The molecular formula is C12H12BrCl. The maximum atomic E-state index is 6.29. The Balaban J connectivity index is 2.09. The van der Waals surface area contributed by atoms with E-state index in [9.17, 15) is 0 Å². The van der Waals surface area contributed by atoms with Crippen LogP contribution in [0.5, 0.6) is 0 Å². The van der Waals surface area contributed by atoms with Crippen LogP contribution in [0.3, 0.4) is 0 Å². The molecule has 14 heavy (non-hydrogen) atoms. The van der Waals surface area contributed by atoms with Crippen molar-refractivity contribution in [1.82, 2.24) is 0 Å². The van der Waals surface area contributed by atoms with Crippen LogP contribution in [-0.4, -0.2) is 0 Å². The molecule has 3 fully saturated rings. The zero-order chi connectivity index (χ0) is 9.92. The Labute approximate surface area is 97.8 Å². The first kappa shape index (κ1) is 9.23. The van der Waals surface area contributed by atoms with Gasteiger partial charge in [-0.05, 0) is 54.7 Å². The summed E-state index contributed by atoms with van der Waals surface area (Å²) in [5.74, 6) is 1.01. The van der Waals surface area contributed by atoms with Crippen LogP contribution in [-0.2, 0) is 5.41 Å². The highest BCUT2D eigenvalue weighted by molar-refractivity contribution is 9.10. The summed E-state index contributed by atoms with van der Waals surface area (Å²) in [6.45, 7) is 2.13. The van der Waals surface area contributed by atoms with Gasteiger partial charge in [0.2, 0.25) is 0 Å². The van der Waals surface area contributed by atoms with Gasteiger partial charge >= 0.3 is 0 Å². The van der Waals surface area contributed by atoms with Gasteiger partial charge in [0, 0.05) is 9.50 Å². The van der Waals surface area contributed by atoms with Crippen LogP contribution in [0.2, 0.25) is 5.02 Å². The lowest BCUT2D eigenvalue weighted by molar-refractivity contribution is -0.0273. The normalized spacial score (nSPS) is 33.5. The third-order valence-corrected chi connectivity index (χ3v) is 5.02. The van der Waals surface area contributed by atoms with Gasteiger partial charge in [-0.25, -0.2) is 0 Å². The van der Waals surface area contributed by atoms with E-state index in [0.717, 1.165) is 15.4 Å². The smallest absolute Gasteiger partial charge is 0.0455 e. The molecule has 0 heterocycles. The average molecular weight is 272 g/mol. The number of benzene rings is 1. The first-order valence-corrected chi connectivity index (χ1v) is 6.24. The highest BCUT2D eigenvalue weighted by atomic mass is 79.9. The Bertz CT molecular complexity index is 394. The SMILES string of the molecule is Cc1cc(C23CC(C2)C3)c(Cl)cc1Br. The van der Waals surface area contributed by atoms with Crippen LogP contribution in [0.1, 0.15) is 30.4 Å². The molecule has 0 atom stereocenters. The van der Waals surface area contributed by atoms with Gasteiger partial charge in [-0.1, -0.05) is 33.6 Å². The molecule has 3 saturated carbocycles. The Morgan fingerprint density at radius 1 is 1.36 bits per heavy atom. The maximum absolute atomic E-state index is 6.29. The fraction of sp³-hybridized carbons (Fsp3) is 0.500. The molecule has 0 amide bonds. The summed E-state index contributed by atoms with van der Waals surface area (Å²) in [5, 5.41) is 0.945. The van der Waals surface area contributed by atoms with Gasteiger partial charge in [-0.2, -0.15) is 0 Å². The number of aryl methyl sites for hydroxylation is 1. The van der Waals surface area contributed by atoms with Crippen molar-refractivity contribution in [2.75, 3.05) is 0 Å². The van der Waals surface area contributed by atoms with Crippen LogP contribution in [0.25, 0.3) is 0 Å². The molecule has 0 saturated heterocycles. The van der Waals surface area contributed by atoms with Crippen molar-refractivity contribution >= 4 is 27.5 Å². The van der Waals surface area contributed by atoms with E-state index < -0.39 is 0 Å². The summed E-state index contributed by atoms with van der Waals surface area (Å²) < 4.78 is 1.12. The van der Waals surface area contributed by atoms with E-state index in [1.165, 1.54) is 30.4 Å². The highest BCUT2D eigenvalue weighted by Crippen LogP contribution is 2.66. The molecule has 0 N–H and O–H groups in total. The average Bonchev–Trinajstić information content (AvgIpc) is 1.94. The minimum atomic E-state index is 0.479. The molecule has 4 rings (SSSR count). The number of rotatable bonds is 1. The summed E-state index contributed by atoms with van der Waals surface area (Å²) in [6.07, 6.45) is 4.11. The molecule has 1 aromatic carbocycles. The van der Waals surface area contributed by atoms with Gasteiger partial charge in [0.25, 0.3) is 0 Å². The van der Waals surface area contributed by atoms with Crippen LogP contribution in [0.15, 0.2) is 16.6 Å². The topological polar surface area (TPSA) is 0 Å². The van der Waals surface area contributed by atoms with Crippen molar-refractivity contribution in [2.24, 2.45) is 5.92 Å². The molecule has 0 unspecified atom stereocenters. The van der Waals surface area contributed by atoms with E-state index in [1.54, 1.807) is 0 Å². The van der Waals surface area contributed by atoms with Crippen LogP contribution < -0.4 is 0 Å². The van der Waals surface area contributed by atoms with E-state index in [2.05, 4.69) is 28.9 Å². The molecule has 2 heteroatoms. The van der Waals surface area contributed by atoms with Gasteiger partial charge in [-0.15, -0.1) is 0 Å². The molecule has 2 bridgehead atoms. The first-order valence-electron chi connectivity index (χ1n) is 5.07. The van der Waals surface area contributed by atoms with Crippen LogP contribution in [0.4, 0.5) is 0 Å². The van der Waals surface area contributed by atoms with E-state index in [1.807, 2.05) is 6.07 Å². The minimum Gasteiger partial charge on any atom is -0.0840 e. The number of halogens is 2. The van der Waals surface area contributed by atoms with Gasteiger partial charge in [-0.3, -0.25) is 0 Å². The van der Waals surface area contributed by atoms with E-state index in [-0.39, 0.29) is 0 Å². The second-order valence-electron chi connectivity index (χ2n) is 4.84. The van der Waals surface area contributed by atoms with Crippen molar-refractivity contribution in [3.8, 4) is 0 Å². The summed E-state index contributed by atoms with van der Waals surface area (Å²) in [7, 11) is 0.